The van der Waals surface area contributed by atoms with E-state index in [1.54, 1.807) is 18.2 Å². The van der Waals surface area contributed by atoms with Crippen molar-refractivity contribution in [3.8, 4) is 5.75 Å². The molecule has 1 aromatic rings. The number of benzene rings is 1. The molecule has 0 unspecified atom stereocenters. The summed E-state index contributed by atoms with van der Waals surface area (Å²) < 4.78 is 34.9. The number of hydrogen-bond acceptors (Lipinski definition) is 3. The molecule has 1 aliphatic carbocycles. The molecule has 0 aromatic heterocycles. The molecule has 1 aromatic carbocycles. The maximum absolute atomic E-state index is 12.3. The molecule has 0 atom stereocenters. The van der Waals surface area contributed by atoms with Gasteiger partial charge in [0.05, 0.1) is 6.10 Å². The van der Waals surface area contributed by atoms with E-state index in [-0.39, 0.29) is 11.7 Å². The van der Waals surface area contributed by atoms with Gasteiger partial charge in [0.2, 0.25) is 5.91 Å². The summed E-state index contributed by atoms with van der Waals surface area (Å²) in [5.74, 6) is -0.230. The summed E-state index contributed by atoms with van der Waals surface area (Å²) in [6.07, 6.45) is 9.95. The largest absolute Gasteiger partial charge is 0.434 e. The number of alkyl halides is 2. The molecule has 1 fully saturated rings. The van der Waals surface area contributed by atoms with Gasteiger partial charge in [0.1, 0.15) is 5.75 Å². The summed E-state index contributed by atoms with van der Waals surface area (Å²) in [5, 5.41) is 2.76. The van der Waals surface area contributed by atoms with Crippen LogP contribution in [0.5, 0.6) is 5.75 Å². The Kier molecular flexibility index (Phi) is 8.39. The smallest absolute Gasteiger partial charge is 0.387 e. The van der Waals surface area contributed by atoms with Crippen LogP contribution in [0.3, 0.4) is 0 Å². The van der Waals surface area contributed by atoms with Crippen molar-refractivity contribution in [2.24, 2.45) is 0 Å². The van der Waals surface area contributed by atoms with E-state index in [1.807, 2.05) is 0 Å². The van der Waals surface area contributed by atoms with Crippen molar-refractivity contribution in [3.05, 3.63) is 35.9 Å². The molecule has 0 saturated heterocycles. The van der Waals surface area contributed by atoms with E-state index >= 15 is 0 Å². The minimum Gasteiger partial charge on any atom is -0.434 e. The van der Waals surface area contributed by atoms with Crippen LogP contribution in [0.25, 0.3) is 6.08 Å². The highest BCUT2D eigenvalue weighted by Crippen LogP contribution is 2.21. The Morgan fingerprint density at radius 2 is 2.00 bits per heavy atom. The van der Waals surface area contributed by atoms with Gasteiger partial charge in [-0.2, -0.15) is 8.78 Å². The Labute approximate surface area is 147 Å². The zero-order valence-electron chi connectivity index (χ0n) is 14.3. The lowest BCUT2D eigenvalue weighted by Gasteiger charge is -2.21. The highest BCUT2D eigenvalue weighted by molar-refractivity contribution is 5.92. The number of hydrogen-bond donors (Lipinski definition) is 1. The molecule has 0 aliphatic heterocycles. The van der Waals surface area contributed by atoms with Crippen LogP contribution in [0.15, 0.2) is 30.3 Å². The molecular formula is C19H25F2NO3. The van der Waals surface area contributed by atoms with Crippen LogP contribution < -0.4 is 10.1 Å². The molecule has 0 spiro atoms. The molecule has 1 aliphatic rings. The Morgan fingerprint density at radius 3 is 2.76 bits per heavy atom. The lowest BCUT2D eigenvalue weighted by atomic mass is 9.98. The Morgan fingerprint density at radius 1 is 1.24 bits per heavy atom. The van der Waals surface area contributed by atoms with Gasteiger partial charge in [0.25, 0.3) is 0 Å². The standard InChI is InChI=1S/C19H25F2NO3/c20-19(21)25-17-10-5-4-7-15(17)11-12-18(23)22-13-6-14-24-16-8-2-1-3-9-16/h4-5,7,10-12,16,19H,1-3,6,8-9,13-14H2,(H,22,23)/b12-11+. The second kappa shape index (κ2) is 10.8. The van der Waals surface area contributed by atoms with Crippen molar-refractivity contribution >= 4 is 12.0 Å². The zero-order chi connectivity index (χ0) is 17.9. The van der Waals surface area contributed by atoms with Crippen molar-refractivity contribution in [1.82, 2.24) is 5.32 Å². The van der Waals surface area contributed by atoms with E-state index in [1.165, 1.54) is 37.5 Å². The number of rotatable bonds is 9. The van der Waals surface area contributed by atoms with Crippen molar-refractivity contribution < 1.29 is 23.0 Å². The van der Waals surface area contributed by atoms with Crippen LogP contribution >= 0.6 is 0 Å². The number of carbonyl (C=O) groups excluding carboxylic acids is 1. The van der Waals surface area contributed by atoms with Crippen LogP contribution in [0.1, 0.15) is 44.1 Å². The number of ether oxygens (including phenoxy) is 2. The predicted molar refractivity (Wildman–Crippen MR) is 92.6 cm³/mol. The van der Waals surface area contributed by atoms with Gasteiger partial charge in [0.15, 0.2) is 0 Å². The number of nitrogens with one attached hydrogen (secondary N) is 1. The van der Waals surface area contributed by atoms with Crippen LogP contribution in [0.4, 0.5) is 8.78 Å². The first-order chi connectivity index (χ1) is 12.1. The Balaban J connectivity index is 1.67. The third kappa shape index (κ3) is 7.65. The second-order valence-electron chi connectivity index (χ2n) is 6.03. The molecule has 4 nitrogen and oxygen atoms in total. The Hall–Kier alpha value is -1.95. The highest BCUT2D eigenvalue weighted by atomic mass is 19.3. The predicted octanol–water partition coefficient (Wildman–Crippen LogP) is 4.16. The number of para-hydroxylation sites is 1. The normalized spacial score (nSPS) is 15.6. The summed E-state index contributed by atoms with van der Waals surface area (Å²) in [6.45, 7) is -1.74. The molecule has 2 rings (SSSR count). The van der Waals surface area contributed by atoms with Crippen LogP contribution in [0.2, 0.25) is 0 Å². The van der Waals surface area contributed by atoms with Gasteiger partial charge in [-0.15, -0.1) is 0 Å². The second-order valence-corrected chi connectivity index (χ2v) is 6.03. The molecular weight excluding hydrogens is 328 g/mol. The molecule has 0 heterocycles. The van der Waals surface area contributed by atoms with Gasteiger partial charge in [-0.3, -0.25) is 4.79 Å². The molecule has 1 amide bonds. The van der Waals surface area contributed by atoms with Crippen LogP contribution in [-0.2, 0) is 9.53 Å². The lowest BCUT2D eigenvalue weighted by molar-refractivity contribution is -0.116. The SMILES string of the molecule is O=C(/C=C/c1ccccc1OC(F)F)NCCCOC1CCCCC1. The highest BCUT2D eigenvalue weighted by Gasteiger charge is 2.13. The summed E-state index contributed by atoms with van der Waals surface area (Å²) in [4.78, 5) is 11.8. The first kappa shape index (κ1) is 19.4. The van der Waals surface area contributed by atoms with Gasteiger partial charge in [-0.05, 0) is 31.4 Å². The molecule has 1 N–H and O–H groups in total. The third-order valence-corrected chi connectivity index (χ3v) is 4.08. The van der Waals surface area contributed by atoms with E-state index < -0.39 is 6.61 Å². The zero-order valence-corrected chi connectivity index (χ0v) is 14.3. The minimum atomic E-state index is -2.90. The molecule has 1 saturated carbocycles. The minimum absolute atomic E-state index is 0.0439. The van der Waals surface area contributed by atoms with Crippen LogP contribution in [-0.4, -0.2) is 31.8 Å². The van der Waals surface area contributed by atoms with Gasteiger partial charge >= 0.3 is 6.61 Å². The summed E-state index contributed by atoms with van der Waals surface area (Å²) >= 11 is 0. The fourth-order valence-electron chi connectivity index (χ4n) is 2.81. The summed E-state index contributed by atoms with van der Waals surface area (Å²) in [5.41, 5.74) is 0.429. The molecule has 25 heavy (non-hydrogen) atoms. The van der Waals surface area contributed by atoms with Gasteiger partial charge in [0, 0.05) is 24.8 Å². The van der Waals surface area contributed by atoms with Crippen molar-refractivity contribution in [1.29, 1.82) is 0 Å². The number of carbonyl (C=O) groups is 1. The van der Waals surface area contributed by atoms with E-state index in [0.717, 1.165) is 19.3 Å². The maximum atomic E-state index is 12.3. The van der Waals surface area contributed by atoms with E-state index in [2.05, 4.69) is 10.1 Å². The lowest BCUT2D eigenvalue weighted by Crippen LogP contribution is -2.24. The Bertz CT molecular complexity index is 557. The fourth-order valence-corrected chi connectivity index (χ4v) is 2.81. The number of amides is 1. The van der Waals surface area contributed by atoms with Crippen LogP contribution in [0, 0.1) is 0 Å². The molecule has 0 radical (unpaired) electrons. The molecule has 6 heteroatoms. The van der Waals surface area contributed by atoms with E-state index in [9.17, 15) is 13.6 Å². The average molecular weight is 353 g/mol. The average Bonchev–Trinajstić information content (AvgIpc) is 2.61. The number of halogens is 2. The molecule has 138 valence electrons. The van der Waals surface area contributed by atoms with Crippen molar-refractivity contribution in [2.45, 2.75) is 51.2 Å². The maximum Gasteiger partial charge on any atom is 0.387 e. The van der Waals surface area contributed by atoms with Gasteiger partial charge < -0.3 is 14.8 Å². The third-order valence-electron chi connectivity index (χ3n) is 4.08. The topological polar surface area (TPSA) is 47.6 Å². The van der Waals surface area contributed by atoms with Gasteiger partial charge in [-0.25, -0.2) is 0 Å². The monoisotopic (exact) mass is 353 g/mol. The summed E-state index contributed by atoms with van der Waals surface area (Å²) in [7, 11) is 0. The molecule has 0 bridgehead atoms. The summed E-state index contributed by atoms with van der Waals surface area (Å²) in [6, 6.07) is 6.34. The van der Waals surface area contributed by atoms with Crippen molar-refractivity contribution in [3.63, 3.8) is 0 Å². The van der Waals surface area contributed by atoms with Gasteiger partial charge in [-0.1, -0.05) is 37.5 Å². The van der Waals surface area contributed by atoms with E-state index in [0.29, 0.717) is 24.8 Å². The quantitative estimate of drug-likeness (QED) is 0.536. The van der Waals surface area contributed by atoms with E-state index in [4.69, 9.17) is 4.74 Å². The first-order valence-corrected chi connectivity index (χ1v) is 8.76. The fraction of sp³-hybridized carbons (Fsp3) is 0.526. The first-order valence-electron chi connectivity index (χ1n) is 8.76. The van der Waals surface area contributed by atoms with Crippen molar-refractivity contribution in [2.75, 3.05) is 13.2 Å².